The maximum absolute atomic E-state index is 12.0. The van der Waals surface area contributed by atoms with Gasteiger partial charge < -0.3 is 14.4 Å². The third-order valence-corrected chi connectivity index (χ3v) is 4.14. The highest BCUT2D eigenvalue weighted by atomic mass is 32.1. The van der Waals surface area contributed by atoms with Crippen molar-refractivity contribution in [1.82, 2.24) is 0 Å². The number of methoxy groups -OCH3 is 1. The molecule has 2 rings (SSSR count). The second-order valence-corrected chi connectivity index (χ2v) is 5.46. The van der Waals surface area contributed by atoms with Crippen LogP contribution in [0.4, 0.5) is 5.69 Å². The van der Waals surface area contributed by atoms with Crippen LogP contribution in [0.5, 0.6) is 5.75 Å². The van der Waals surface area contributed by atoms with Crippen molar-refractivity contribution < 1.29 is 19.1 Å². The van der Waals surface area contributed by atoms with Crippen LogP contribution in [0.1, 0.15) is 29.9 Å². The molecule has 0 saturated carbocycles. The van der Waals surface area contributed by atoms with Gasteiger partial charge in [-0.1, -0.05) is 20.3 Å². The van der Waals surface area contributed by atoms with Gasteiger partial charge in [-0.15, -0.1) is 11.3 Å². The molecule has 6 heteroatoms. The summed E-state index contributed by atoms with van der Waals surface area (Å²) in [6.45, 7) is 4.77. The topological polar surface area (TPSA) is 55.8 Å². The number of amides is 1. The Bertz CT molecular complexity index is 497. The lowest BCUT2D eigenvalue weighted by atomic mass is 10.1. The molecule has 1 unspecified atom stereocenters. The fraction of sp³-hybridized carbons (Fsp3) is 0.538. The molecule has 1 aliphatic rings. The number of carbonyl (C=O) groups is 2. The molecule has 0 aromatic carbocycles. The summed E-state index contributed by atoms with van der Waals surface area (Å²) in [4.78, 5) is 25.8. The summed E-state index contributed by atoms with van der Waals surface area (Å²) in [6.07, 6.45) is 0.970. The Kier molecular flexibility index (Phi) is 4.09. The maximum atomic E-state index is 12.0. The van der Waals surface area contributed by atoms with Crippen LogP contribution < -0.4 is 9.64 Å². The minimum Gasteiger partial charge on any atom is -0.481 e. The Labute approximate surface area is 116 Å². The Balaban J connectivity index is 2.38. The van der Waals surface area contributed by atoms with Gasteiger partial charge in [0.1, 0.15) is 10.6 Å². The molecule has 0 radical (unpaired) electrons. The van der Waals surface area contributed by atoms with E-state index in [2.05, 4.69) is 13.8 Å². The maximum Gasteiger partial charge on any atom is 0.350 e. The molecule has 5 nitrogen and oxygen atoms in total. The van der Waals surface area contributed by atoms with Crippen LogP contribution in [-0.2, 0) is 9.53 Å². The van der Waals surface area contributed by atoms with E-state index in [4.69, 9.17) is 9.47 Å². The highest BCUT2D eigenvalue weighted by Gasteiger charge is 2.33. The predicted molar refractivity (Wildman–Crippen MR) is 73.0 cm³/mol. The van der Waals surface area contributed by atoms with Crippen molar-refractivity contribution in [3.8, 4) is 5.75 Å². The first-order valence-electron chi connectivity index (χ1n) is 6.21. The van der Waals surface area contributed by atoms with Crippen molar-refractivity contribution in [2.24, 2.45) is 5.92 Å². The quantitative estimate of drug-likeness (QED) is 0.796. The number of esters is 1. The number of rotatable bonds is 4. The van der Waals surface area contributed by atoms with Crippen LogP contribution in [0.2, 0.25) is 0 Å². The molecule has 0 aliphatic carbocycles. The number of hydrogen-bond donors (Lipinski definition) is 0. The van der Waals surface area contributed by atoms with E-state index in [0.29, 0.717) is 28.8 Å². The number of fused-ring (bicyclic) bond motifs is 1. The summed E-state index contributed by atoms with van der Waals surface area (Å²) < 4.78 is 10.1. The summed E-state index contributed by atoms with van der Waals surface area (Å²) in [7, 11) is 1.33. The zero-order valence-electron chi connectivity index (χ0n) is 11.3. The molecule has 1 amide bonds. The molecule has 1 atom stereocenters. The Morgan fingerprint density at radius 3 is 3.00 bits per heavy atom. The summed E-state index contributed by atoms with van der Waals surface area (Å²) in [6, 6.07) is 0. The van der Waals surface area contributed by atoms with Gasteiger partial charge in [-0.05, 0) is 5.92 Å². The van der Waals surface area contributed by atoms with Crippen LogP contribution in [0.15, 0.2) is 5.38 Å². The first-order chi connectivity index (χ1) is 9.08. The van der Waals surface area contributed by atoms with E-state index < -0.39 is 5.97 Å². The van der Waals surface area contributed by atoms with Gasteiger partial charge in [0.25, 0.3) is 5.91 Å². The molecule has 1 aromatic heterocycles. The summed E-state index contributed by atoms with van der Waals surface area (Å²) in [5.74, 6) is 0.406. The molecular formula is C13H17NO4S. The van der Waals surface area contributed by atoms with Crippen LogP contribution in [0.25, 0.3) is 0 Å². The number of anilines is 1. The minimum atomic E-state index is -0.432. The molecule has 1 aliphatic heterocycles. The fourth-order valence-corrected chi connectivity index (χ4v) is 2.81. The van der Waals surface area contributed by atoms with E-state index >= 15 is 0 Å². The number of carbonyl (C=O) groups excluding carboxylic acids is 2. The molecular weight excluding hydrogens is 266 g/mol. The zero-order valence-corrected chi connectivity index (χ0v) is 12.1. The van der Waals surface area contributed by atoms with E-state index in [1.54, 1.807) is 10.3 Å². The number of hydrogen-bond acceptors (Lipinski definition) is 5. The largest absolute Gasteiger partial charge is 0.481 e. The fourth-order valence-electron chi connectivity index (χ4n) is 1.91. The Morgan fingerprint density at radius 2 is 2.37 bits per heavy atom. The Hall–Kier alpha value is -1.56. The predicted octanol–water partition coefficient (Wildman–Crippen LogP) is 2.31. The minimum absolute atomic E-state index is 0.0286. The van der Waals surface area contributed by atoms with Crippen molar-refractivity contribution in [3.05, 3.63) is 10.3 Å². The van der Waals surface area contributed by atoms with Gasteiger partial charge in [0, 0.05) is 11.9 Å². The van der Waals surface area contributed by atoms with Crippen molar-refractivity contribution in [2.45, 2.75) is 20.3 Å². The zero-order chi connectivity index (χ0) is 14.0. The summed E-state index contributed by atoms with van der Waals surface area (Å²) in [5, 5.41) is 1.75. The van der Waals surface area contributed by atoms with Crippen LogP contribution in [0.3, 0.4) is 0 Å². The third-order valence-electron chi connectivity index (χ3n) is 3.22. The second kappa shape index (κ2) is 5.61. The lowest BCUT2D eigenvalue weighted by molar-refractivity contribution is -0.121. The van der Waals surface area contributed by atoms with E-state index in [-0.39, 0.29) is 12.5 Å². The van der Waals surface area contributed by atoms with E-state index in [1.807, 2.05) is 0 Å². The van der Waals surface area contributed by atoms with Gasteiger partial charge in [0.2, 0.25) is 0 Å². The first-order valence-corrected chi connectivity index (χ1v) is 7.09. The van der Waals surface area contributed by atoms with Gasteiger partial charge in [-0.25, -0.2) is 4.79 Å². The van der Waals surface area contributed by atoms with Crippen LogP contribution in [-0.4, -0.2) is 32.1 Å². The van der Waals surface area contributed by atoms with E-state index in [0.717, 1.165) is 6.42 Å². The van der Waals surface area contributed by atoms with Crippen molar-refractivity contribution in [2.75, 3.05) is 25.2 Å². The molecule has 104 valence electrons. The van der Waals surface area contributed by atoms with Gasteiger partial charge in [-0.3, -0.25) is 4.79 Å². The smallest absolute Gasteiger partial charge is 0.350 e. The molecule has 0 spiro atoms. The second-order valence-electron chi connectivity index (χ2n) is 4.58. The van der Waals surface area contributed by atoms with Gasteiger partial charge in [0.15, 0.2) is 12.4 Å². The van der Waals surface area contributed by atoms with Crippen LogP contribution >= 0.6 is 11.3 Å². The number of thiophene rings is 1. The van der Waals surface area contributed by atoms with Crippen LogP contribution in [0, 0.1) is 5.92 Å². The third kappa shape index (κ3) is 2.58. The van der Waals surface area contributed by atoms with Crippen molar-refractivity contribution >= 4 is 28.9 Å². The molecule has 0 saturated heterocycles. The van der Waals surface area contributed by atoms with Crippen molar-refractivity contribution in [3.63, 3.8) is 0 Å². The summed E-state index contributed by atoms with van der Waals surface area (Å²) >= 11 is 1.25. The molecule has 2 heterocycles. The lowest BCUT2D eigenvalue weighted by Gasteiger charge is -2.30. The average molecular weight is 283 g/mol. The molecule has 19 heavy (non-hydrogen) atoms. The number of nitrogens with zero attached hydrogens (tertiary/aromatic N) is 1. The van der Waals surface area contributed by atoms with Gasteiger partial charge in [0.05, 0.1) is 7.11 Å². The average Bonchev–Trinajstić information content (AvgIpc) is 2.85. The SMILES string of the molecule is CCC(C)CN1C(=O)COc2csc(C(=O)OC)c21. The summed E-state index contributed by atoms with van der Waals surface area (Å²) in [5.41, 5.74) is 0.563. The highest BCUT2D eigenvalue weighted by molar-refractivity contribution is 7.13. The number of ether oxygens (including phenoxy) is 2. The Morgan fingerprint density at radius 1 is 1.63 bits per heavy atom. The van der Waals surface area contributed by atoms with E-state index in [1.165, 1.54) is 18.4 Å². The van der Waals surface area contributed by atoms with Crippen molar-refractivity contribution in [1.29, 1.82) is 0 Å². The first kappa shape index (κ1) is 13.9. The normalized spacial score (nSPS) is 15.7. The molecule has 0 bridgehead atoms. The molecule has 1 aromatic rings. The monoisotopic (exact) mass is 283 g/mol. The standard InChI is InChI=1S/C13H17NO4S/c1-4-8(2)5-14-10(15)6-18-9-7-19-12(11(9)14)13(16)17-3/h7-8H,4-6H2,1-3H3. The molecule has 0 N–H and O–H groups in total. The van der Waals surface area contributed by atoms with E-state index in [9.17, 15) is 9.59 Å². The highest BCUT2D eigenvalue weighted by Crippen LogP contribution is 2.41. The van der Waals surface area contributed by atoms with Gasteiger partial charge in [-0.2, -0.15) is 0 Å². The molecule has 0 fully saturated rings. The lowest BCUT2D eigenvalue weighted by Crippen LogP contribution is -2.41. The van der Waals surface area contributed by atoms with Gasteiger partial charge >= 0.3 is 5.97 Å².